The summed E-state index contributed by atoms with van der Waals surface area (Å²) in [5.74, 6) is 0.186. The summed E-state index contributed by atoms with van der Waals surface area (Å²) in [5.41, 5.74) is 1.97. The topological polar surface area (TPSA) is 59.1 Å². The molecule has 21 heavy (non-hydrogen) atoms. The average Bonchev–Trinajstić information content (AvgIpc) is 2.48. The zero-order valence-electron chi connectivity index (χ0n) is 12.3. The molecule has 0 fully saturated rings. The predicted octanol–water partition coefficient (Wildman–Crippen LogP) is 3.44. The predicted molar refractivity (Wildman–Crippen MR) is 85.1 cm³/mol. The molecule has 1 unspecified atom stereocenters. The highest BCUT2D eigenvalue weighted by Crippen LogP contribution is 2.20. The van der Waals surface area contributed by atoms with Crippen molar-refractivity contribution in [3.05, 3.63) is 54.4 Å². The number of hydrogen-bond donors (Lipinski definition) is 1. The lowest BCUT2D eigenvalue weighted by molar-refractivity contribution is 0.595. The molecule has 0 saturated heterocycles. The van der Waals surface area contributed by atoms with Crippen LogP contribution in [-0.4, -0.2) is 19.2 Å². The number of anilines is 1. The molecule has 4 nitrogen and oxygen atoms in total. The molecule has 0 amide bonds. The van der Waals surface area contributed by atoms with Gasteiger partial charge in [0.25, 0.3) is 0 Å². The molecular weight excluding hydrogens is 284 g/mol. The van der Waals surface area contributed by atoms with Crippen molar-refractivity contribution in [2.75, 3.05) is 11.1 Å². The summed E-state index contributed by atoms with van der Waals surface area (Å²) in [6.07, 6.45) is 4.18. The number of nitrogens with one attached hydrogen (secondary N) is 1. The lowest BCUT2D eigenvalue weighted by atomic mass is 10.1. The van der Waals surface area contributed by atoms with Gasteiger partial charge in [0.1, 0.15) is 0 Å². The first-order valence-electron chi connectivity index (χ1n) is 7.02. The fraction of sp³-hybridized carbons (Fsp3) is 0.312. The molecule has 1 heterocycles. The normalized spacial score (nSPS) is 12.9. The van der Waals surface area contributed by atoms with E-state index in [9.17, 15) is 8.42 Å². The minimum atomic E-state index is -3.15. The summed E-state index contributed by atoms with van der Waals surface area (Å²) in [6.45, 7) is 3.90. The van der Waals surface area contributed by atoms with Crippen LogP contribution in [0.4, 0.5) is 5.69 Å². The minimum absolute atomic E-state index is 0.108. The van der Waals surface area contributed by atoms with Crippen molar-refractivity contribution in [1.29, 1.82) is 0 Å². The Labute approximate surface area is 126 Å². The molecule has 0 saturated carbocycles. The average molecular weight is 304 g/mol. The van der Waals surface area contributed by atoms with Gasteiger partial charge in [-0.2, -0.15) is 0 Å². The van der Waals surface area contributed by atoms with Gasteiger partial charge in [-0.1, -0.05) is 13.0 Å². The van der Waals surface area contributed by atoms with Gasteiger partial charge in [0.2, 0.25) is 0 Å². The van der Waals surface area contributed by atoms with Crippen LogP contribution in [0.25, 0.3) is 0 Å². The van der Waals surface area contributed by atoms with Gasteiger partial charge < -0.3 is 5.32 Å². The maximum atomic E-state index is 12.0. The molecule has 1 aromatic carbocycles. The van der Waals surface area contributed by atoms with E-state index in [4.69, 9.17) is 0 Å². The Morgan fingerprint density at radius 2 is 1.90 bits per heavy atom. The molecule has 1 atom stereocenters. The van der Waals surface area contributed by atoms with Gasteiger partial charge in [0.15, 0.2) is 9.84 Å². The Morgan fingerprint density at radius 3 is 2.48 bits per heavy atom. The van der Waals surface area contributed by atoms with Crippen LogP contribution in [0.1, 0.15) is 31.9 Å². The number of nitrogens with zero attached hydrogens (tertiary/aromatic N) is 1. The van der Waals surface area contributed by atoms with Gasteiger partial charge in [-0.25, -0.2) is 8.42 Å². The monoisotopic (exact) mass is 304 g/mol. The number of hydrogen-bond acceptors (Lipinski definition) is 4. The minimum Gasteiger partial charge on any atom is -0.378 e. The lowest BCUT2D eigenvalue weighted by Gasteiger charge is -2.15. The quantitative estimate of drug-likeness (QED) is 0.888. The van der Waals surface area contributed by atoms with E-state index in [0.29, 0.717) is 11.3 Å². The molecule has 0 bridgehead atoms. The first-order valence-corrected chi connectivity index (χ1v) is 8.67. The Bertz CT molecular complexity index is 667. The van der Waals surface area contributed by atoms with Crippen molar-refractivity contribution in [2.45, 2.75) is 31.2 Å². The SMILES string of the molecule is CCCS(=O)(=O)c1ccc(NC(C)c2cccnc2)cc1. The third-order valence-electron chi connectivity index (χ3n) is 3.25. The zero-order chi connectivity index (χ0) is 15.3. The van der Waals surface area contributed by atoms with Crippen LogP contribution >= 0.6 is 0 Å². The van der Waals surface area contributed by atoms with E-state index >= 15 is 0 Å². The number of pyridine rings is 1. The number of benzene rings is 1. The summed E-state index contributed by atoms with van der Waals surface area (Å²) in [7, 11) is -3.15. The van der Waals surface area contributed by atoms with Crippen LogP contribution in [0.15, 0.2) is 53.7 Å². The highest BCUT2D eigenvalue weighted by Gasteiger charge is 2.13. The first-order chi connectivity index (χ1) is 10.0. The van der Waals surface area contributed by atoms with E-state index in [1.54, 1.807) is 30.5 Å². The first kappa shape index (κ1) is 15.5. The summed E-state index contributed by atoms with van der Waals surface area (Å²) < 4.78 is 23.9. The van der Waals surface area contributed by atoms with E-state index in [0.717, 1.165) is 11.3 Å². The van der Waals surface area contributed by atoms with Crippen LogP contribution in [0.2, 0.25) is 0 Å². The summed E-state index contributed by atoms with van der Waals surface area (Å²) >= 11 is 0. The smallest absolute Gasteiger partial charge is 0.178 e. The molecule has 5 heteroatoms. The third kappa shape index (κ3) is 4.04. The number of aromatic nitrogens is 1. The summed E-state index contributed by atoms with van der Waals surface area (Å²) in [6, 6.07) is 10.9. The van der Waals surface area contributed by atoms with Crippen molar-refractivity contribution in [3.63, 3.8) is 0 Å². The molecular formula is C16H20N2O2S. The maximum absolute atomic E-state index is 12.0. The second-order valence-corrected chi connectivity index (χ2v) is 7.10. The highest BCUT2D eigenvalue weighted by molar-refractivity contribution is 7.91. The van der Waals surface area contributed by atoms with Gasteiger partial charge in [0.05, 0.1) is 16.7 Å². The molecule has 2 aromatic rings. The summed E-state index contributed by atoms with van der Waals surface area (Å²) in [5, 5.41) is 3.33. The second-order valence-electron chi connectivity index (χ2n) is 5.00. The molecule has 1 N–H and O–H groups in total. The van der Waals surface area contributed by atoms with Crippen molar-refractivity contribution in [2.24, 2.45) is 0 Å². The molecule has 0 spiro atoms. The van der Waals surface area contributed by atoms with Crippen molar-refractivity contribution in [1.82, 2.24) is 4.98 Å². The lowest BCUT2D eigenvalue weighted by Crippen LogP contribution is -2.08. The standard InChI is InChI=1S/C16H20N2O2S/c1-3-11-21(19,20)16-8-6-15(7-9-16)18-13(2)14-5-4-10-17-12-14/h4-10,12-13,18H,3,11H2,1-2H3. The van der Waals surface area contributed by atoms with Gasteiger partial charge in [0, 0.05) is 18.1 Å². The largest absolute Gasteiger partial charge is 0.378 e. The van der Waals surface area contributed by atoms with E-state index in [1.165, 1.54) is 0 Å². The molecule has 2 rings (SSSR count). The second kappa shape index (κ2) is 6.72. The Hall–Kier alpha value is -1.88. The number of sulfone groups is 1. The Kier molecular flexibility index (Phi) is 4.96. The molecule has 112 valence electrons. The Balaban J connectivity index is 2.10. The molecule has 0 aliphatic carbocycles. The van der Waals surface area contributed by atoms with Crippen LogP contribution in [0.5, 0.6) is 0 Å². The molecule has 0 aliphatic rings. The molecule has 1 aromatic heterocycles. The van der Waals surface area contributed by atoms with E-state index in [1.807, 2.05) is 32.2 Å². The van der Waals surface area contributed by atoms with E-state index < -0.39 is 9.84 Å². The van der Waals surface area contributed by atoms with Gasteiger partial charge in [-0.05, 0) is 49.2 Å². The van der Waals surface area contributed by atoms with Crippen LogP contribution in [0.3, 0.4) is 0 Å². The van der Waals surface area contributed by atoms with Crippen molar-refractivity contribution >= 4 is 15.5 Å². The summed E-state index contributed by atoms with van der Waals surface area (Å²) in [4.78, 5) is 4.47. The maximum Gasteiger partial charge on any atom is 0.178 e. The zero-order valence-corrected chi connectivity index (χ0v) is 13.1. The third-order valence-corrected chi connectivity index (χ3v) is 5.19. The van der Waals surface area contributed by atoms with Gasteiger partial charge in [-0.3, -0.25) is 4.98 Å². The van der Waals surface area contributed by atoms with Crippen LogP contribution < -0.4 is 5.32 Å². The van der Waals surface area contributed by atoms with Crippen molar-refractivity contribution in [3.8, 4) is 0 Å². The molecule has 0 aliphatic heterocycles. The molecule has 0 radical (unpaired) electrons. The van der Waals surface area contributed by atoms with E-state index in [2.05, 4.69) is 10.3 Å². The number of rotatable bonds is 6. The van der Waals surface area contributed by atoms with Crippen molar-refractivity contribution < 1.29 is 8.42 Å². The fourth-order valence-corrected chi connectivity index (χ4v) is 3.43. The van der Waals surface area contributed by atoms with Gasteiger partial charge in [-0.15, -0.1) is 0 Å². The highest BCUT2D eigenvalue weighted by atomic mass is 32.2. The van der Waals surface area contributed by atoms with E-state index in [-0.39, 0.29) is 11.8 Å². The fourth-order valence-electron chi connectivity index (χ4n) is 2.11. The van der Waals surface area contributed by atoms with Crippen LogP contribution in [-0.2, 0) is 9.84 Å². The van der Waals surface area contributed by atoms with Gasteiger partial charge >= 0.3 is 0 Å². The Morgan fingerprint density at radius 1 is 1.19 bits per heavy atom. The van der Waals surface area contributed by atoms with Crippen LogP contribution in [0, 0.1) is 0 Å².